The Balaban J connectivity index is 2.98. The van der Waals surface area contributed by atoms with Gasteiger partial charge in [0.2, 0.25) is 0 Å². The molecule has 1 rings (SSSR count). The average molecular weight is 193 g/mol. The Bertz CT molecular complexity index is 173. The summed E-state index contributed by atoms with van der Waals surface area (Å²) in [5.41, 5.74) is 1.06. The number of allylic oxidation sites excluding steroid dienone is 2. The summed E-state index contributed by atoms with van der Waals surface area (Å²) in [4.78, 5) is 0. The fourth-order valence-electron chi connectivity index (χ4n) is 0.459. The van der Waals surface area contributed by atoms with Crippen molar-refractivity contribution in [2.24, 2.45) is 0 Å². The Morgan fingerprint density at radius 2 is 2.25 bits per heavy atom. The molecule has 0 spiro atoms. The maximum absolute atomic E-state index is 10.6. The van der Waals surface area contributed by atoms with Crippen LogP contribution in [0.3, 0.4) is 0 Å². The first-order valence-corrected chi connectivity index (χ1v) is 4.22. The van der Waals surface area contributed by atoms with Gasteiger partial charge < -0.3 is 0 Å². The smallest absolute Gasteiger partial charge is 0.0716 e. The van der Waals surface area contributed by atoms with Crippen molar-refractivity contribution in [2.45, 2.75) is 6.92 Å². The van der Waals surface area contributed by atoms with Crippen LogP contribution >= 0.6 is 15.9 Å². The zero-order valence-corrected chi connectivity index (χ0v) is 6.75. The van der Waals surface area contributed by atoms with E-state index in [2.05, 4.69) is 15.9 Å². The predicted molar refractivity (Wildman–Crippen MR) is 38.9 cm³/mol. The van der Waals surface area contributed by atoms with Crippen molar-refractivity contribution >= 4 is 26.7 Å². The molecule has 1 heterocycles. The van der Waals surface area contributed by atoms with Crippen LogP contribution in [0, 0.1) is 0 Å². The van der Waals surface area contributed by atoms with Gasteiger partial charge in [0.25, 0.3) is 0 Å². The van der Waals surface area contributed by atoms with Crippen molar-refractivity contribution in [3.63, 3.8) is 0 Å². The fourth-order valence-corrected chi connectivity index (χ4v) is 2.21. The minimum Gasteiger partial charge on any atom is -0.250 e. The van der Waals surface area contributed by atoms with Gasteiger partial charge in [0, 0.05) is 15.3 Å². The molecule has 0 aliphatic carbocycles. The molecular weight excluding hydrogens is 188 g/mol. The third-order valence-corrected chi connectivity index (χ3v) is 3.10. The molecule has 0 aromatic rings. The van der Waals surface area contributed by atoms with Crippen LogP contribution in [0.5, 0.6) is 0 Å². The first kappa shape index (κ1) is 6.23. The van der Waals surface area contributed by atoms with Gasteiger partial charge in [-0.3, -0.25) is 4.21 Å². The highest BCUT2D eigenvalue weighted by molar-refractivity contribution is 9.12. The molecule has 0 fully saturated rings. The quantitative estimate of drug-likeness (QED) is 0.574. The van der Waals surface area contributed by atoms with Gasteiger partial charge >= 0.3 is 0 Å². The predicted octanol–water partition coefficient (Wildman–Crippen LogP) is 1.89. The molecule has 1 nitrogen and oxygen atoms in total. The molecule has 44 valence electrons. The second-order valence-electron chi connectivity index (χ2n) is 1.60. The van der Waals surface area contributed by atoms with Crippen LogP contribution in [0.2, 0.25) is 0 Å². The molecule has 0 bridgehead atoms. The molecule has 3 heteroatoms. The summed E-state index contributed by atoms with van der Waals surface area (Å²) < 4.78 is 11.5. The Kier molecular flexibility index (Phi) is 1.68. The molecule has 0 amide bonds. The van der Waals surface area contributed by atoms with E-state index < -0.39 is 10.8 Å². The normalized spacial score (nSPS) is 27.5. The highest BCUT2D eigenvalue weighted by Gasteiger charge is 2.05. The summed E-state index contributed by atoms with van der Waals surface area (Å²) in [6.07, 6.45) is 0. The first-order valence-electron chi connectivity index (χ1n) is 2.15. The number of rotatable bonds is 0. The van der Waals surface area contributed by atoms with E-state index in [9.17, 15) is 4.21 Å². The van der Waals surface area contributed by atoms with E-state index in [-0.39, 0.29) is 0 Å². The molecule has 0 aromatic carbocycles. The number of halogens is 1. The lowest BCUT2D eigenvalue weighted by atomic mass is 10.4. The van der Waals surface area contributed by atoms with Gasteiger partial charge in [0.15, 0.2) is 0 Å². The lowest BCUT2D eigenvalue weighted by Crippen LogP contribution is -1.65. The van der Waals surface area contributed by atoms with Gasteiger partial charge in [-0.25, -0.2) is 0 Å². The van der Waals surface area contributed by atoms with E-state index in [0.717, 1.165) is 10.1 Å². The average Bonchev–Trinajstić information content (AvgIpc) is 1.85. The maximum atomic E-state index is 10.6. The van der Waals surface area contributed by atoms with E-state index in [1.807, 2.05) is 6.92 Å². The summed E-state index contributed by atoms with van der Waals surface area (Å²) >= 11 is 3.24. The Morgan fingerprint density at radius 3 is 2.38 bits per heavy atom. The van der Waals surface area contributed by atoms with Crippen LogP contribution in [0.25, 0.3) is 0 Å². The van der Waals surface area contributed by atoms with Crippen molar-refractivity contribution in [2.75, 3.05) is 0 Å². The third kappa shape index (κ3) is 1.09. The van der Waals surface area contributed by atoms with Crippen molar-refractivity contribution in [3.05, 3.63) is 20.9 Å². The van der Waals surface area contributed by atoms with Gasteiger partial charge in [0.1, 0.15) is 0 Å². The highest BCUT2D eigenvalue weighted by atomic mass is 79.9. The zero-order chi connectivity index (χ0) is 6.15. The molecule has 0 radical (unpaired) electrons. The highest BCUT2D eigenvalue weighted by Crippen LogP contribution is 2.23. The molecule has 1 aliphatic rings. The number of hydrogen-bond donors (Lipinski definition) is 0. The first-order chi connectivity index (χ1) is 3.70. The molecule has 1 unspecified atom stereocenters. The van der Waals surface area contributed by atoms with E-state index in [1.54, 1.807) is 10.8 Å². The second-order valence-corrected chi connectivity index (χ2v) is 3.58. The van der Waals surface area contributed by atoms with Crippen LogP contribution in [0.1, 0.15) is 6.92 Å². The lowest BCUT2D eigenvalue weighted by Gasteiger charge is -1.83. The zero-order valence-electron chi connectivity index (χ0n) is 4.35. The van der Waals surface area contributed by atoms with E-state index in [0.29, 0.717) is 0 Å². The third-order valence-electron chi connectivity index (χ3n) is 0.889. The maximum Gasteiger partial charge on any atom is 0.0716 e. The van der Waals surface area contributed by atoms with Gasteiger partial charge in [-0.05, 0) is 28.4 Å². The molecule has 0 N–H and O–H groups in total. The van der Waals surface area contributed by atoms with E-state index in [1.165, 1.54) is 0 Å². The fraction of sp³-hybridized carbons (Fsp3) is 0.200. The molecular formula is C5H5BrOS. The summed E-state index contributed by atoms with van der Waals surface area (Å²) in [5.74, 6) is 0. The van der Waals surface area contributed by atoms with Gasteiger partial charge in [-0.1, -0.05) is 0 Å². The largest absolute Gasteiger partial charge is 0.250 e. The minimum atomic E-state index is -0.854. The van der Waals surface area contributed by atoms with E-state index in [4.69, 9.17) is 0 Å². The molecule has 1 atom stereocenters. The Hall–Kier alpha value is 0.110. The summed E-state index contributed by atoms with van der Waals surface area (Å²) in [7, 11) is -0.854. The Morgan fingerprint density at radius 1 is 1.62 bits per heavy atom. The van der Waals surface area contributed by atoms with Crippen LogP contribution < -0.4 is 0 Å². The van der Waals surface area contributed by atoms with Gasteiger partial charge in [0.05, 0.1) is 10.8 Å². The molecule has 0 saturated carbocycles. The number of hydrogen-bond acceptors (Lipinski definition) is 1. The van der Waals surface area contributed by atoms with E-state index >= 15 is 0 Å². The standard InChI is InChI=1S/C5H5BrOS/c1-4-2-8(7)3-5(4)6/h2-3H,1H3. The van der Waals surface area contributed by atoms with Crippen LogP contribution in [0.15, 0.2) is 20.9 Å². The minimum absolute atomic E-state index is 0.854. The molecule has 0 aromatic heterocycles. The van der Waals surface area contributed by atoms with Crippen molar-refractivity contribution in [1.29, 1.82) is 0 Å². The monoisotopic (exact) mass is 192 g/mol. The second kappa shape index (κ2) is 2.15. The summed E-state index contributed by atoms with van der Waals surface area (Å²) in [6, 6.07) is 0. The van der Waals surface area contributed by atoms with Crippen molar-refractivity contribution in [1.82, 2.24) is 0 Å². The topological polar surface area (TPSA) is 17.1 Å². The Labute approximate surface area is 59.1 Å². The SMILES string of the molecule is CC1=CS(=O)C=C1Br. The molecule has 1 aliphatic heterocycles. The van der Waals surface area contributed by atoms with Crippen molar-refractivity contribution in [3.8, 4) is 0 Å². The van der Waals surface area contributed by atoms with Gasteiger partial charge in [-0.2, -0.15) is 0 Å². The molecule has 8 heavy (non-hydrogen) atoms. The lowest BCUT2D eigenvalue weighted by molar-refractivity contribution is 0.693. The van der Waals surface area contributed by atoms with Crippen LogP contribution in [-0.2, 0) is 10.8 Å². The van der Waals surface area contributed by atoms with Crippen molar-refractivity contribution < 1.29 is 4.21 Å². The summed E-state index contributed by atoms with van der Waals surface area (Å²) in [5, 5.41) is 3.39. The van der Waals surface area contributed by atoms with Gasteiger partial charge in [-0.15, -0.1) is 0 Å². The van der Waals surface area contributed by atoms with Crippen LogP contribution in [0.4, 0.5) is 0 Å². The van der Waals surface area contributed by atoms with Crippen LogP contribution in [-0.4, -0.2) is 4.21 Å². The molecule has 0 saturated heterocycles. The summed E-state index contributed by atoms with van der Waals surface area (Å²) in [6.45, 7) is 1.92.